The minimum Gasteiger partial charge on any atom is -0.340 e. The fourth-order valence-electron chi connectivity index (χ4n) is 3.06. The molecule has 1 aliphatic rings. The van der Waals surface area contributed by atoms with Crippen LogP contribution in [-0.2, 0) is 21.2 Å². The molecule has 2 aromatic carbocycles. The van der Waals surface area contributed by atoms with Crippen molar-refractivity contribution in [1.29, 1.82) is 0 Å². The van der Waals surface area contributed by atoms with Crippen LogP contribution in [-0.4, -0.2) is 49.7 Å². The van der Waals surface area contributed by atoms with Gasteiger partial charge in [-0.25, -0.2) is 17.2 Å². The van der Waals surface area contributed by atoms with Crippen LogP contribution in [0.25, 0.3) is 0 Å². The average Bonchev–Trinajstić information content (AvgIpc) is 2.66. The van der Waals surface area contributed by atoms with Gasteiger partial charge in [-0.2, -0.15) is 4.31 Å². The van der Waals surface area contributed by atoms with Gasteiger partial charge in [0, 0.05) is 38.7 Å². The topological polar surface area (TPSA) is 57.7 Å². The van der Waals surface area contributed by atoms with Gasteiger partial charge in [0.2, 0.25) is 15.9 Å². The van der Waals surface area contributed by atoms with Crippen molar-refractivity contribution in [1.82, 2.24) is 9.21 Å². The van der Waals surface area contributed by atoms with Crippen LogP contribution in [0.1, 0.15) is 12.0 Å². The molecular formula is C19H20F2N2O3S. The molecule has 5 nitrogen and oxygen atoms in total. The number of benzene rings is 2. The van der Waals surface area contributed by atoms with Crippen molar-refractivity contribution in [2.75, 3.05) is 26.2 Å². The zero-order chi connectivity index (χ0) is 19.4. The highest BCUT2D eigenvalue weighted by molar-refractivity contribution is 7.89. The van der Waals surface area contributed by atoms with E-state index in [0.717, 1.165) is 22.0 Å². The summed E-state index contributed by atoms with van der Waals surface area (Å²) in [5.41, 5.74) is 1.07. The molecule has 0 aromatic heterocycles. The molecule has 1 fully saturated rings. The molecule has 1 heterocycles. The zero-order valence-corrected chi connectivity index (χ0v) is 15.5. The number of hydrogen-bond donors (Lipinski definition) is 0. The predicted molar refractivity (Wildman–Crippen MR) is 96.5 cm³/mol. The lowest BCUT2D eigenvalue weighted by atomic mass is 10.1. The van der Waals surface area contributed by atoms with E-state index in [2.05, 4.69) is 0 Å². The summed E-state index contributed by atoms with van der Waals surface area (Å²) in [6.07, 6.45) is 0.975. The maximum atomic E-state index is 13.9. The van der Waals surface area contributed by atoms with Gasteiger partial charge < -0.3 is 4.90 Å². The molecule has 0 N–H and O–H groups in total. The lowest BCUT2D eigenvalue weighted by Crippen LogP contribution is -2.50. The third-order valence-corrected chi connectivity index (χ3v) is 6.51. The van der Waals surface area contributed by atoms with E-state index >= 15 is 0 Å². The Morgan fingerprint density at radius 1 is 0.963 bits per heavy atom. The number of carbonyl (C=O) groups is 1. The molecule has 0 atom stereocenters. The highest BCUT2D eigenvalue weighted by Gasteiger charge is 2.31. The smallest absolute Gasteiger partial charge is 0.246 e. The Kier molecular flexibility index (Phi) is 5.86. The van der Waals surface area contributed by atoms with Crippen molar-refractivity contribution < 1.29 is 22.0 Å². The maximum Gasteiger partial charge on any atom is 0.246 e. The Morgan fingerprint density at radius 2 is 1.63 bits per heavy atom. The molecule has 0 aliphatic carbocycles. The van der Waals surface area contributed by atoms with Crippen molar-refractivity contribution in [3.63, 3.8) is 0 Å². The Labute approximate surface area is 157 Å². The highest BCUT2D eigenvalue weighted by Crippen LogP contribution is 2.21. The summed E-state index contributed by atoms with van der Waals surface area (Å²) in [5, 5.41) is 0. The Bertz CT molecular complexity index is 912. The third kappa shape index (κ3) is 4.51. The van der Waals surface area contributed by atoms with E-state index < -0.39 is 26.6 Å². The van der Waals surface area contributed by atoms with Gasteiger partial charge in [-0.05, 0) is 24.1 Å². The van der Waals surface area contributed by atoms with Gasteiger partial charge in [-0.3, -0.25) is 4.79 Å². The maximum absolute atomic E-state index is 13.9. The molecule has 1 saturated heterocycles. The van der Waals surface area contributed by atoms with Crippen LogP contribution in [0.4, 0.5) is 8.78 Å². The summed E-state index contributed by atoms with van der Waals surface area (Å²) >= 11 is 0. The van der Waals surface area contributed by atoms with E-state index in [1.807, 2.05) is 30.3 Å². The summed E-state index contributed by atoms with van der Waals surface area (Å²) in [6, 6.07) is 12.0. The SMILES string of the molecule is O=C(CCc1ccccc1)N1CCN(S(=O)(=O)c2ccc(F)cc2F)CC1. The van der Waals surface area contributed by atoms with E-state index in [0.29, 0.717) is 18.9 Å². The number of piperazine rings is 1. The quantitative estimate of drug-likeness (QED) is 0.783. The molecule has 2 aromatic rings. The summed E-state index contributed by atoms with van der Waals surface area (Å²) in [7, 11) is -4.06. The van der Waals surface area contributed by atoms with E-state index in [1.54, 1.807) is 4.90 Å². The third-order valence-electron chi connectivity index (χ3n) is 4.57. The number of halogens is 2. The number of sulfonamides is 1. The predicted octanol–water partition coefficient (Wildman–Crippen LogP) is 2.43. The molecule has 0 radical (unpaired) electrons. The second-order valence-corrected chi connectivity index (χ2v) is 8.25. The van der Waals surface area contributed by atoms with Crippen LogP contribution < -0.4 is 0 Å². The Balaban J connectivity index is 1.58. The molecule has 1 amide bonds. The van der Waals surface area contributed by atoms with Crippen molar-refractivity contribution >= 4 is 15.9 Å². The molecule has 8 heteroatoms. The first-order chi connectivity index (χ1) is 12.9. The van der Waals surface area contributed by atoms with Crippen LogP contribution in [0, 0.1) is 11.6 Å². The van der Waals surface area contributed by atoms with E-state index in [4.69, 9.17) is 0 Å². The van der Waals surface area contributed by atoms with Gasteiger partial charge in [-0.1, -0.05) is 30.3 Å². The number of rotatable bonds is 5. The number of nitrogens with zero attached hydrogens (tertiary/aromatic N) is 2. The van der Waals surface area contributed by atoms with Gasteiger partial charge in [0.05, 0.1) is 0 Å². The molecule has 0 spiro atoms. The van der Waals surface area contributed by atoms with Crippen LogP contribution in [0.3, 0.4) is 0 Å². The minimum atomic E-state index is -4.06. The fraction of sp³-hybridized carbons (Fsp3) is 0.316. The van der Waals surface area contributed by atoms with Crippen LogP contribution >= 0.6 is 0 Å². The highest BCUT2D eigenvalue weighted by atomic mass is 32.2. The van der Waals surface area contributed by atoms with Gasteiger partial charge in [-0.15, -0.1) is 0 Å². The Morgan fingerprint density at radius 3 is 2.26 bits per heavy atom. The molecule has 144 valence electrons. The molecule has 0 bridgehead atoms. The van der Waals surface area contributed by atoms with E-state index in [-0.39, 0.29) is 32.1 Å². The largest absolute Gasteiger partial charge is 0.340 e. The number of carbonyl (C=O) groups excluding carboxylic acids is 1. The Hall–Kier alpha value is -2.32. The average molecular weight is 394 g/mol. The molecule has 0 saturated carbocycles. The van der Waals surface area contributed by atoms with Crippen LogP contribution in [0.2, 0.25) is 0 Å². The fourth-order valence-corrected chi connectivity index (χ4v) is 4.52. The normalized spacial score (nSPS) is 15.7. The lowest BCUT2D eigenvalue weighted by molar-refractivity contribution is -0.132. The first kappa shape index (κ1) is 19.4. The zero-order valence-electron chi connectivity index (χ0n) is 14.6. The molecule has 3 rings (SSSR count). The van der Waals surface area contributed by atoms with Crippen LogP contribution in [0.15, 0.2) is 53.4 Å². The van der Waals surface area contributed by atoms with Gasteiger partial charge in [0.1, 0.15) is 16.5 Å². The molecular weight excluding hydrogens is 374 g/mol. The first-order valence-corrected chi connectivity index (χ1v) is 10.1. The van der Waals surface area contributed by atoms with Crippen molar-refractivity contribution in [3.05, 3.63) is 65.7 Å². The van der Waals surface area contributed by atoms with Crippen molar-refractivity contribution in [3.8, 4) is 0 Å². The summed E-state index contributed by atoms with van der Waals surface area (Å²) in [4.78, 5) is 13.4. The molecule has 0 unspecified atom stereocenters. The second kappa shape index (κ2) is 8.14. The van der Waals surface area contributed by atoms with Crippen molar-refractivity contribution in [2.24, 2.45) is 0 Å². The van der Waals surface area contributed by atoms with Crippen LogP contribution in [0.5, 0.6) is 0 Å². The second-order valence-electron chi connectivity index (χ2n) is 6.35. The lowest BCUT2D eigenvalue weighted by Gasteiger charge is -2.34. The van der Waals surface area contributed by atoms with Gasteiger partial charge in [0.15, 0.2) is 0 Å². The first-order valence-electron chi connectivity index (χ1n) is 8.65. The number of amides is 1. The minimum absolute atomic E-state index is 0.0381. The summed E-state index contributed by atoms with van der Waals surface area (Å²) in [6.45, 7) is 0.651. The summed E-state index contributed by atoms with van der Waals surface area (Å²) < 4.78 is 53.1. The van der Waals surface area contributed by atoms with Crippen molar-refractivity contribution in [2.45, 2.75) is 17.7 Å². The van der Waals surface area contributed by atoms with E-state index in [1.165, 1.54) is 0 Å². The van der Waals surface area contributed by atoms with Gasteiger partial charge in [0.25, 0.3) is 0 Å². The standard InChI is InChI=1S/C19H20F2N2O3S/c20-16-7-8-18(17(21)14-16)27(25,26)23-12-10-22(11-13-23)19(24)9-6-15-4-2-1-3-5-15/h1-5,7-8,14H,6,9-13H2. The molecule has 1 aliphatic heterocycles. The van der Waals surface area contributed by atoms with Gasteiger partial charge >= 0.3 is 0 Å². The molecule has 27 heavy (non-hydrogen) atoms. The number of hydrogen-bond acceptors (Lipinski definition) is 3. The summed E-state index contributed by atoms with van der Waals surface area (Å²) in [5.74, 6) is -1.99. The number of aryl methyl sites for hydroxylation is 1. The van der Waals surface area contributed by atoms with E-state index in [9.17, 15) is 22.0 Å². The monoisotopic (exact) mass is 394 g/mol.